The van der Waals surface area contributed by atoms with E-state index >= 15 is 0 Å². The minimum Gasteiger partial charge on any atom is -0.497 e. The van der Waals surface area contributed by atoms with Gasteiger partial charge in [-0.3, -0.25) is 9.59 Å². The maximum absolute atomic E-state index is 13.4. The van der Waals surface area contributed by atoms with Gasteiger partial charge < -0.3 is 24.3 Å². The molecule has 1 atom stereocenters. The smallest absolute Gasteiger partial charge is 0.255 e. The first-order valence-electron chi connectivity index (χ1n) is 11.0. The van der Waals surface area contributed by atoms with Crippen molar-refractivity contribution in [2.75, 3.05) is 26.1 Å². The number of aromatic nitrogens is 1. The second kappa shape index (κ2) is 8.59. The number of aryl methyl sites for hydroxylation is 1. The number of para-hydroxylation sites is 1. The predicted molar refractivity (Wildman–Crippen MR) is 130 cm³/mol. The first-order chi connectivity index (χ1) is 16.5. The molecule has 1 aliphatic heterocycles. The number of anilines is 1. The lowest BCUT2D eigenvalue weighted by Crippen LogP contribution is -2.36. The van der Waals surface area contributed by atoms with Gasteiger partial charge in [0.25, 0.3) is 5.91 Å². The first-order valence-corrected chi connectivity index (χ1v) is 11.0. The second-order valence-corrected chi connectivity index (χ2v) is 8.25. The Labute approximate surface area is 197 Å². The summed E-state index contributed by atoms with van der Waals surface area (Å²) in [5, 5.41) is 3.94. The van der Waals surface area contributed by atoms with Crippen molar-refractivity contribution in [3.63, 3.8) is 0 Å². The largest absolute Gasteiger partial charge is 0.497 e. The van der Waals surface area contributed by atoms with Gasteiger partial charge in [0.1, 0.15) is 18.0 Å². The SMILES string of the molecule is COc1ccc(NC(=O)CN2C(=O)c3ccccc3C2c2cn(C)c3ccccc23)c(OC)c1. The Hall–Kier alpha value is -4.26. The molecule has 7 heteroatoms. The van der Waals surface area contributed by atoms with E-state index in [4.69, 9.17) is 9.47 Å². The number of nitrogens with one attached hydrogen (secondary N) is 1. The van der Waals surface area contributed by atoms with Gasteiger partial charge in [0.2, 0.25) is 5.91 Å². The number of carbonyl (C=O) groups is 2. The van der Waals surface area contributed by atoms with Crippen LogP contribution in [0.3, 0.4) is 0 Å². The molecular formula is C27H25N3O4. The molecule has 0 spiro atoms. The summed E-state index contributed by atoms with van der Waals surface area (Å²) in [6.45, 7) is -0.101. The monoisotopic (exact) mass is 455 g/mol. The standard InChI is InChI=1S/C27H25N3O4/c1-29-15-21(18-8-6-7-11-23(18)29)26-19-9-4-5-10-20(19)27(32)30(26)16-25(31)28-22-13-12-17(33-2)14-24(22)34-3/h4-15,26H,16H2,1-3H3,(H,28,31). The van der Waals surface area contributed by atoms with Crippen molar-refractivity contribution in [1.82, 2.24) is 9.47 Å². The molecule has 1 unspecified atom stereocenters. The van der Waals surface area contributed by atoms with Gasteiger partial charge in [-0.1, -0.05) is 36.4 Å². The topological polar surface area (TPSA) is 72.8 Å². The van der Waals surface area contributed by atoms with Crippen LogP contribution < -0.4 is 14.8 Å². The summed E-state index contributed by atoms with van der Waals surface area (Å²) in [6.07, 6.45) is 2.04. The number of hydrogen-bond acceptors (Lipinski definition) is 4. The number of fused-ring (bicyclic) bond motifs is 2. The quantitative estimate of drug-likeness (QED) is 0.468. The van der Waals surface area contributed by atoms with Crippen molar-refractivity contribution in [1.29, 1.82) is 0 Å². The summed E-state index contributed by atoms with van der Waals surface area (Å²) in [7, 11) is 5.08. The van der Waals surface area contributed by atoms with Crippen LogP contribution in [0.2, 0.25) is 0 Å². The number of nitrogens with zero attached hydrogens (tertiary/aromatic N) is 2. The van der Waals surface area contributed by atoms with Crippen molar-refractivity contribution in [2.24, 2.45) is 7.05 Å². The molecule has 3 aromatic carbocycles. The highest BCUT2D eigenvalue weighted by molar-refractivity contribution is 6.04. The number of ether oxygens (including phenoxy) is 2. The molecule has 2 amide bonds. The zero-order valence-electron chi connectivity index (χ0n) is 19.2. The molecule has 1 aliphatic rings. The molecule has 0 radical (unpaired) electrons. The summed E-state index contributed by atoms with van der Waals surface area (Å²) in [5.74, 6) is 0.630. The molecular weight excluding hydrogens is 430 g/mol. The summed E-state index contributed by atoms with van der Waals surface area (Å²) in [5.41, 5.74) is 4.10. The summed E-state index contributed by atoms with van der Waals surface area (Å²) in [6, 6.07) is 20.4. The Kier molecular flexibility index (Phi) is 5.45. The van der Waals surface area contributed by atoms with Gasteiger partial charge in [0.15, 0.2) is 0 Å². The van der Waals surface area contributed by atoms with Crippen molar-refractivity contribution in [3.8, 4) is 11.5 Å². The molecule has 0 bridgehead atoms. The molecule has 0 saturated carbocycles. The fourth-order valence-corrected chi connectivity index (χ4v) is 4.71. The molecule has 0 aliphatic carbocycles. The van der Waals surface area contributed by atoms with E-state index in [2.05, 4.69) is 22.0 Å². The van der Waals surface area contributed by atoms with Crippen molar-refractivity contribution < 1.29 is 19.1 Å². The van der Waals surface area contributed by atoms with E-state index in [0.29, 0.717) is 22.7 Å². The number of rotatable bonds is 6. The van der Waals surface area contributed by atoms with Crippen molar-refractivity contribution >= 4 is 28.4 Å². The van der Waals surface area contributed by atoms with Gasteiger partial charge in [-0.05, 0) is 29.8 Å². The minimum atomic E-state index is -0.363. The lowest BCUT2D eigenvalue weighted by atomic mass is 9.97. The number of methoxy groups -OCH3 is 2. The second-order valence-electron chi connectivity index (χ2n) is 8.25. The molecule has 1 N–H and O–H groups in total. The van der Waals surface area contributed by atoms with Gasteiger partial charge in [0.05, 0.1) is 25.9 Å². The first kappa shape index (κ1) is 21.6. The van der Waals surface area contributed by atoms with E-state index in [9.17, 15) is 9.59 Å². The Balaban J connectivity index is 1.50. The van der Waals surface area contributed by atoms with Gasteiger partial charge in [-0.15, -0.1) is 0 Å². The fraction of sp³-hybridized carbons (Fsp3) is 0.185. The van der Waals surface area contributed by atoms with E-state index in [1.54, 1.807) is 30.2 Å². The summed E-state index contributed by atoms with van der Waals surface area (Å²) in [4.78, 5) is 28.2. The summed E-state index contributed by atoms with van der Waals surface area (Å²) >= 11 is 0. The zero-order valence-corrected chi connectivity index (χ0v) is 19.2. The highest BCUT2D eigenvalue weighted by Crippen LogP contribution is 2.41. The van der Waals surface area contributed by atoms with Gasteiger partial charge in [-0.25, -0.2) is 0 Å². The van der Waals surface area contributed by atoms with Crippen LogP contribution in [-0.4, -0.2) is 42.0 Å². The molecule has 0 saturated heterocycles. The lowest BCUT2D eigenvalue weighted by molar-refractivity contribution is -0.117. The average molecular weight is 456 g/mol. The van der Waals surface area contributed by atoms with Crippen LogP contribution in [-0.2, 0) is 11.8 Å². The molecule has 172 valence electrons. The van der Waals surface area contributed by atoms with Crippen LogP contribution in [0.4, 0.5) is 5.69 Å². The third-order valence-corrected chi connectivity index (χ3v) is 6.28. The van der Waals surface area contributed by atoms with Crippen LogP contribution in [0.25, 0.3) is 10.9 Å². The van der Waals surface area contributed by atoms with E-state index in [-0.39, 0.29) is 24.4 Å². The van der Waals surface area contributed by atoms with Crippen LogP contribution in [0.15, 0.2) is 72.9 Å². The van der Waals surface area contributed by atoms with E-state index in [1.807, 2.05) is 49.6 Å². The normalized spacial score (nSPS) is 14.9. The Morgan fingerprint density at radius 1 is 0.971 bits per heavy atom. The van der Waals surface area contributed by atoms with Gasteiger partial charge in [0, 0.05) is 41.3 Å². The molecule has 0 fully saturated rings. The van der Waals surface area contributed by atoms with Crippen molar-refractivity contribution in [2.45, 2.75) is 6.04 Å². The molecule has 5 rings (SSSR count). The molecule has 34 heavy (non-hydrogen) atoms. The van der Waals surface area contributed by atoms with Crippen molar-refractivity contribution in [3.05, 3.63) is 89.6 Å². The fourth-order valence-electron chi connectivity index (χ4n) is 4.71. The van der Waals surface area contributed by atoms with E-state index in [0.717, 1.165) is 22.0 Å². The summed E-state index contributed by atoms with van der Waals surface area (Å²) < 4.78 is 12.7. The number of amides is 2. The third-order valence-electron chi connectivity index (χ3n) is 6.28. The molecule has 4 aromatic rings. The minimum absolute atomic E-state index is 0.101. The Morgan fingerprint density at radius 2 is 1.74 bits per heavy atom. The molecule has 2 heterocycles. The van der Waals surface area contributed by atoms with Crippen LogP contribution in [0, 0.1) is 0 Å². The van der Waals surface area contributed by atoms with E-state index in [1.165, 1.54) is 7.11 Å². The number of hydrogen-bond donors (Lipinski definition) is 1. The van der Waals surface area contributed by atoms with Crippen LogP contribution in [0.1, 0.15) is 27.5 Å². The number of benzene rings is 3. The van der Waals surface area contributed by atoms with E-state index < -0.39 is 0 Å². The van der Waals surface area contributed by atoms with Gasteiger partial charge >= 0.3 is 0 Å². The Bertz CT molecular complexity index is 1410. The maximum Gasteiger partial charge on any atom is 0.255 e. The highest BCUT2D eigenvalue weighted by atomic mass is 16.5. The average Bonchev–Trinajstić information content (AvgIpc) is 3.33. The predicted octanol–water partition coefficient (Wildman–Crippen LogP) is 4.38. The molecule has 1 aromatic heterocycles. The van der Waals surface area contributed by atoms with Crippen LogP contribution in [0.5, 0.6) is 11.5 Å². The highest BCUT2D eigenvalue weighted by Gasteiger charge is 2.39. The lowest BCUT2D eigenvalue weighted by Gasteiger charge is -2.25. The zero-order chi connectivity index (χ0) is 23.8. The van der Waals surface area contributed by atoms with Gasteiger partial charge in [-0.2, -0.15) is 0 Å². The Morgan fingerprint density at radius 3 is 2.53 bits per heavy atom. The maximum atomic E-state index is 13.4. The van der Waals surface area contributed by atoms with Crippen LogP contribution >= 0.6 is 0 Å². The third kappa shape index (κ3) is 3.55. The number of carbonyl (C=O) groups excluding carboxylic acids is 2. The molecule has 7 nitrogen and oxygen atoms in total.